The summed E-state index contributed by atoms with van der Waals surface area (Å²) in [6.45, 7) is 2.48. The number of anilines is 1. The number of aryl methyl sites for hydroxylation is 1. The van der Waals surface area contributed by atoms with Crippen LogP contribution in [0.5, 0.6) is 0 Å². The van der Waals surface area contributed by atoms with Gasteiger partial charge < -0.3 is 11.1 Å². The Balaban J connectivity index is 1.91. The van der Waals surface area contributed by atoms with Crippen LogP contribution in [0.4, 0.5) is 5.95 Å². The van der Waals surface area contributed by atoms with Gasteiger partial charge in [0.25, 0.3) is 5.91 Å². The van der Waals surface area contributed by atoms with Gasteiger partial charge >= 0.3 is 0 Å². The standard InChI is InChI=1S/C12H17N7O/c1-2-3-9-8(6-14-7-16-9)11(20)15-5-4-10-17-12(13)19-18-10/h6-7H,2-5H2,1H3,(H,15,20)(H3,13,17,18,19). The van der Waals surface area contributed by atoms with Crippen LogP contribution in [-0.4, -0.2) is 37.6 Å². The number of nitrogens with one attached hydrogen (secondary N) is 2. The van der Waals surface area contributed by atoms with Crippen LogP contribution in [0.3, 0.4) is 0 Å². The molecule has 20 heavy (non-hydrogen) atoms. The van der Waals surface area contributed by atoms with E-state index in [2.05, 4.69) is 30.5 Å². The van der Waals surface area contributed by atoms with Crippen molar-refractivity contribution >= 4 is 11.9 Å². The number of hydrogen-bond acceptors (Lipinski definition) is 6. The Bertz CT molecular complexity index is 581. The smallest absolute Gasteiger partial charge is 0.254 e. The quantitative estimate of drug-likeness (QED) is 0.687. The second kappa shape index (κ2) is 6.60. The van der Waals surface area contributed by atoms with Crippen molar-refractivity contribution in [2.24, 2.45) is 0 Å². The van der Waals surface area contributed by atoms with Crippen LogP contribution in [0, 0.1) is 0 Å². The molecule has 4 N–H and O–H groups in total. The van der Waals surface area contributed by atoms with Gasteiger partial charge in [-0.3, -0.25) is 9.89 Å². The molecule has 0 aliphatic carbocycles. The zero-order chi connectivity index (χ0) is 14.4. The van der Waals surface area contributed by atoms with Crippen LogP contribution < -0.4 is 11.1 Å². The van der Waals surface area contributed by atoms with Gasteiger partial charge in [0.1, 0.15) is 12.2 Å². The number of aromatic amines is 1. The van der Waals surface area contributed by atoms with Gasteiger partial charge in [-0.2, -0.15) is 4.98 Å². The molecule has 1 amide bonds. The van der Waals surface area contributed by atoms with Crippen LogP contribution in [0.2, 0.25) is 0 Å². The number of H-pyrrole nitrogens is 1. The predicted molar refractivity (Wildman–Crippen MR) is 72.9 cm³/mol. The Morgan fingerprint density at radius 2 is 2.30 bits per heavy atom. The third-order valence-corrected chi connectivity index (χ3v) is 2.72. The molecule has 8 heteroatoms. The highest BCUT2D eigenvalue weighted by Gasteiger charge is 2.12. The largest absolute Gasteiger partial charge is 0.367 e. The number of carbonyl (C=O) groups is 1. The first-order valence-electron chi connectivity index (χ1n) is 6.44. The van der Waals surface area contributed by atoms with Crippen LogP contribution in [-0.2, 0) is 12.8 Å². The Hall–Kier alpha value is -2.51. The van der Waals surface area contributed by atoms with Crippen molar-refractivity contribution in [3.05, 3.63) is 29.6 Å². The van der Waals surface area contributed by atoms with Gasteiger partial charge in [0.2, 0.25) is 5.95 Å². The van der Waals surface area contributed by atoms with E-state index >= 15 is 0 Å². The summed E-state index contributed by atoms with van der Waals surface area (Å²) in [6, 6.07) is 0. The summed E-state index contributed by atoms with van der Waals surface area (Å²) in [5.74, 6) is 0.662. The maximum Gasteiger partial charge on any atom is 0.254 e. The Kier molecular flexibility index (Phi) is 4.59. The van der Waals surface area contributed by atoms with Crippen molar-refractivity contribution in [3.63, 3.8) is 0 Å². The molecule has 106 valence electrons. The molecule has 0 unspecified atom stereocenters. The molecule has 0 aliphatic rings. The van der Waals surface area contributed by atoms with Crippen LogP contribution in [0.1, 0.15) is 35.2 Å². The maximum absolute atomic E-state index is 12.1. The van der Waals surface area contributed by atoms with Gasteiger partial charge in [0, 0.05) is 19.2 Å². The van der Waals surface area contributed by atoms with Gasteiger partial charge in [-0.15, -0.1) is 5.10 Å². The fraction of sp³-hybridized carbons (Fsp3) is 0.417. The molecule has 0 saturated carbocycles. The number of nitrogen functional groups attached to an aromatic ring is 1. The average molecular weight is 275 g/mol. The molecule has 0 aliphatic heterocycles. The molecule has 0 radical (unpaired) electrons. The first-order valence-corrected chi connectivity index (χ1v) is 6.44. The van der Waals surface area contributed by atoms with Crippen molar-refractivity contribution in [1.82, 2.24) is 30.5 Å². The molecular formula is C12H17N7O. The number of nitrogens with two attached hydrogens (primary N) is 1. The molecule has 0 aromatic carbocycles. The van der Waals surface area contributed by atoms with Crippen LogP contribution in [0.15, 0.2) is 12.5 Å². The summed E-state index contributed by atoms with van der Waals surface area (Å²) in [5.41, 5.74) is 6.68. The lowest BCUT2D eigenvalue weighted by atomic mass is 10.1. The number of nitrogens with zero attached hydrogens (tertiary/aromatic N) is 4. The summed E-state index contributed by atoms with van der Waals surface area (Å²) >= 11 is 0. The predicted octanol–water partition coefficient (Wildman–Crippen LogP) is 0.102. The molecule has 0 saturated heterocycles. The lowest BCUT2D eigenvalue weighted by Crippen LogP contribution is -2.27. The highest BCUT2D eigenvalue weighted by atomic mass is 16.1. The molecule has 2 rings (SSSR count). The summed E-state index contributed by atoms with van der Waals surface area (Å²) in [7, 11) is 0. The van der Waals surface area contributed by atoms with Crippen molar-refractivity contribution in [3.8, 4) is 0 Å². The van der Waals surface area contributed by atoms with Crippen LogP contribution in [0.25, 0.3) is 0 Å². The maximum atomic E-state index is 12.1. The SMILES string of the molecule is CCCc1ncncc1C(=O)NCCc1nc(N)n[nH]1. The van der Waals surface area contributed by atoms with Gasteiger partial charge in [0.05, 0.1) is 11.3 Å². The highest BCUT2D eigenvalue weighted by Crippen LogP contribution is 2.06. The summed E-state index contributed by atoms with van der Waals surface area (Å²) < 4.78 is 0. The van der Waals surface area contributed by atoms with E-state index < -0.39 is 0 Å². The van der Waals surface area contributed by atoms with Gasteiger partial charge in [-0.25, -0.2) is 9.97 Å². The molecular weight excluding hydrogens is 258 g/mol. The number of amides is 1. The number of aromatic nitrogens is 5. The van der Waals surface area contributed by atoms with Crippen molar-refractivity contribution in [2.45, 2.75) is 26.2 Å². The van der Waals surface area contributed by atoms with Gasteiger partial charge in [0.15, 0.2) is 0 Å². The lowest BCUT2D eigenvalue weighted by molar-refractivity contribution is 0.0952. The fourth-order valence-electron chi connectivity index (χ4n) is 1.79. The molecule has 2 heterocycles. The molecule has 0 bridgehead atoms. The van der Waals surface area contributed by atoms with E-state index in [1.54, 1.807) is 6.20 Å². The second-order valence-corrected chi connectivity index (χ2v) is 4.28. The molecule has 0 atom stereocenters. The Labute approximate surface area is 116 Å². The molecule has 8 nitrogen and oxygen atoms in total. The summed E-state index contributed by atoms with van der Waals surface area (Å²) in [5, 5.41) is 9.22. The Morgan fingerprint density at radius 3 is 3.00 bits per heavy atom. The molecule has 0 fully saturated rings. The number of rotatable bonds is 6. The van der Waals surface area contributed by atoms with E-state index in [4.69, 9.17) is 5.73 Å². The zero-order valence-corrected chi connectivity index (χ0v) is 11.3. The van der Waals surface area contributed by atoms with E-state index in [0.717, 1.165) is 18.5 Å². The van der Waals surface area contributed by atoms with E-state index in [-0.39, 0.29) is 11.9 Å². The minimum absolute atomic E-state index is 0.179. The molecule has 2 aromatic rings. The third-order valence-electron chi connectivity index (χ3n) is 2.72. The topological polar surface area (TPSA) is 122 Å². The normalized spacial score (nSPS) is 10.4. The van der Waals surface area contributed by atoms with E-state index in [1.165, 1.54) is 6.33 Å². The Morgan fingerprint density at radius 1 is 1.45 bits per heavy atom. The fourth-order valence-corrected chi connectivity index (χ4v) is 1.79. The first kappa shape index (κ1) is 13.9. The summed E-state index contributed by atoms with van der Waals surface area (Å²) in [6.07, 6.45) is 5.21. The second-order valence-electron chi connectivity index (χ2n) is 4.28. The van der Waals surface area contributed by atoms with E-state index in [9.17, 15) is 4.79 Å². The van der Waals surface area contributed by atoms with Crippen molar-refractivity contribution in [1.29, 1.82) is 0 Å². The molecule has 0 spiro atoms. The van der Waals surface area contributed by atoms with E-state index in [0.29, 0.717) is 24.4 Å². The highest BCUT2D eigenvalue weighted by molar-refractivity contribution is 5.94. The van der Waals surface area contributed by atoms with E-state index in [1.807, 2.05) is 6.92 Å². The molecule has 2 aromatic heterocycles. The minimum Gasteiger partial charge on any atom is -0.367 e. The van der Waals surface area contributed by atoms with Crippen LogP contribution >= 0.6 is 0 Å². The monoisotopic (exact) mass is 275 g/mol. The third kappa shape index (κ3) is 3.50. The van der Waals surface area contributed by atoms with Gasteiger partial charge in [-0.1, -0.05) is 13.3 Å². The number of hydrogen-bond donors (Lipinski definition) is 3. The van der Waals surface area contributed by atoms with Crippen molar-refractivity contribution in [2.75, 3.05) is 12.3 Å². The first-order chi connectivity index (χ1) is 9.70. The van der Waals surface area contributed by atoms with Crippen molar-refractivity contribution < 1.29 is 4.79 Å². The van der Waals surface area contributed by atoms with Gasteiger partial charge in [-0.05, 0) is 6.42 Å². The minimum atomic E-state index is -0.179. The summed E-state index contributed by atoms with van der Waals surface area (Å²) in [4.78, 5) is 24.1. The lowest BCUT2D eigenvalue weighted by Gasteiger charge is -2.07. The number of carbonyl (C=O) groups excluding carboxylic acids is 1. The zero-order valence-electron chi connectivity index (χ0n) is 11.3. The average Bonchev–Trinajstić information content (AvgIpc) is 2.85.